The van der Waals surface area contributed by atoms with Gasteiger partial charge in [-0.05, 0) is 42.9 Å². The summed E-state index contributed by atoms with van der Waals surface area (Å²) in [6.07, 6.45) is 6.69. The first-order valence-electron chi connectivity index (χ1n) is 11.0. The summed E-state index contributed by atoms with van der Waals surface area (Å²) in [7, 11) is -3.47. The first kappa shape index (κ1) is 22.2. The third kappa shape index (κ3) is 5.80. The van der Waals surface area contributed by atoms with Gasteiger partial charge in [-0.15, -0.1) is 0 Å². The molecule has 1 saturated heterocycles. The van der Waals surface area contributed by atoms with Crippen LogP contribution < -0.4 is 5.32 Å². The molecular weight excluding hydrogens is 386 g/mol. The minimum absolute atomic E-state index is 0.0616. The number of aryl methyl sites for hydroxylation is 1. The van der Waals surface area contributed by atoms with Crippen LogP contribution in [0.3, 0.4) is 0 Å². The van der Waals surface area contributed by atoms with Gasteiger partial charge in [-0.25, -0.2) is 8.42 Å². The van der Waals surface area contributed by atoms with E-state index in [1.165, 1.54) is 19.3 Å². The highest BCUT2D eigenvalue weighted by molar-refractivity contribution is 7.89. The number of sulfonamides is 1. The largest absolute Gasteiger partial charge is 0.352 e. The molecule has 1 saturated carbocycles. The summed E-state index contributed by atoms with van der Waals surface area (Å²) in [6, 6.07) is 7.53. The van der Waals surface area contributed by atoms with Crippen LogP contribution in [-0.2, 0) is 21.2 Å². The zero-order chi connectivity index (χ0) is 20.9. The van der Waals surface area contributed by atoms with Gasteiger partial charge in [0, 0.05) is 32.2 Å². The normalized spacial score (nSPS) is 24.3. The van der Waals surface area contributed by atoms with Gasteiger partial charge in [-0.3, -0.25) is 9.69 Å². The second-order valence-electron chi connectivity index (χ2n) is 8.51. The van der Waals surface area contributed by atoms with E-state index >= 15 is 0 Å². The molecule has 2 atom stereocenters. The van der Waals surface area contributed by atoms with Crippen LogP contribution in [0.1, 0.15) is 51.5 Å². The van der Waals surface area contributed by atoms with Crippen molar-refractivity contribution >= 4 is 15.9 Å². The number of rotatable bonds is 7. The molecule has 29 heavy (non-hydrogen) atoms. The molecule has 1 aromatic carbocycles. The van der Waals surface area contributed by atoms with E-state index in [2.05, 4.69) is 24.1 Å². The van der Waals surface area contributed by atoms with Gasteiger partial charge in [-0.2, -0.15) is 4.31 Å². The smallest absolute Gasteiger partial charge is 0.243 e. The summed E-state index contributed by atoms with van der Waals surface area (Å²) >= 11 is 0. The van der Waals surface area contributed by atoms with Gasteiger partial charge in [0.1, 0.15) is 0 Å². The van der Waals surface area contributed by atoms with Crippen molar-refractivity contribution < 1.29 is 13.2 Å². The highest BCUT2D eigenvalue weighted by Crippen LogP contribution is 2.24. The van der Waals surface area contributed by atoms with Gasteiger partial charge >= 0.3 is 0 Å². The summed E-state index contributed by atoms with van der Waals surface area (Å²) in [5.41, 5.74) is 1.16. The van der Waals surface area contributed by atoms with E-state index in [0.29, 0.717) is 43.5 Å². The van der Waals surface area contributed by atoms with Gasteiger partial charge in [0.05, 0.1) is 11.4 Å². The van der Waals surface area contributed by atoms with E-state index < -0.39 is 10.0 Å². The van der Waals surface area contributed by atoms with E-state index in [9.17, 15) is 13.2 Å². The predicted octanol–water partition coefficient (Wildman–Crippen LogP) is 2.64. The molecule has 2 aliphatic rings. The Kier molecular flexibility index (Phi) is 7.71. The number of benzene rings is 1. The Bertz CT molecular complexity index is 771. The Morgan fingerprint density at radius 1 is 1.07 bits per heavy atom. The van der Waals surface area contributed by atoms with Crippen molar-refractivity contribution in [3.8, 4) is 0 Å². The molecule has 162 valence electrons. The van der Waals surface area contributed by atoms with Gasteiger partial charge in [-0.1, -0.05) is 45.2 Å². The molecule has 3 rings (SSSR count). The molecule has 1 aromatic rings. The zero-order valence-electron chi connectivity index (χ0n) is 17.8. The van der Waals surface area contributed by atoms with Crippen LogP contribution in [0.2, 0.25) is 0 Å². The number of carbonyl (C=O) groups is 1. The number of amides is 1. The van der Waals surface area contributed by atoms with Gasteiger partial charge in [0.25, 0.3) is 0 Å². The zero-order valence-corrected chi connectivity index (χ0v) is 18.6. The standard InChI is InChI=1S/C22H35N3O3S/c1-3-6-19-9-11-20(12-10-19)29(27,28)25-15-13-24(14-16-25)17-22(26)23-21-8-5-4-7-18(21)2/h9-12,18,21H,3-8,13-17H2,1-2H3,(H,23,26). The third-order valence-electron chi connectivity index (χ3n) is 6.26. The molecular formula is C22H35N3O3S. The van der Waals surface area contributed by atoms with Crippen molar-refractivity contribution in [3.63, 3.8) is 0 Å². The van der Waals surface area contributed by atoms with Crippen molar-refractivity contribution in [3.05, 3.63) is 29.8 Å². The molecule has 6 nitrogen and oxygen atoms in total. The highest BCUT2D eigenvalue weighted by atomic mass is 32.2. The van der Waals surface area contributed by atoms with Gasteiger partial charge in [0.2, 0.25) is 15.9 Å². The fourth-order valence-corrected chi connectivity index (χ4v) is 5.80. The van der Waals surface area contributed by atoms with Crippen LogP contribution in [0.4, 0.5) is 0 Å². The fourth-order valence-electron chi connectivity index (χ4n) is 4.38. The molecule has 0 bridgehead atoms. The summed E-state index contributed by atoms with van der Waals surface area (Å²) in [5.74, 6) is 0.602. The van der Waals surface area contributed by atoms with E-state index in [1.807, 2.05) is 12.1 Å². The molecule has 1 heterocycles. The second-order valence-corrected chi connectivity index (χ2v) is 10.4. The third-order valence-corrected chi connectivity index (χ3v) is 8.17. The van der Waals surface area contributed by atoms with E-state index in [0.717, 1.165) is 24.8 Å². The molecule has 0 radical (unpaired) electrons. The number of piperazine rings is 1. The summed E-state index contributed by atoms with van der Waals surface area (Å²) in [6.45, 7) is 6.69. The van der Waals surface area contributed by atoms with Crippen LogP contribution in [0.5, 0.6) is 0 Å². The molecule has 1 aliphatic carbocycles. The van der Waals surface area contributed by atoms with Crippen LogP contribution >= 0.6 is 0 Å². The molecule has 0 aromatic heterocycles. The van der Waals surface area contributed by atoms with E-state index in [-0.39, 0.29) is 11.9 Å². The Morgan fingerprint density at radius 2 is 1.72 bits per heavy atom. The molecule has 1 aliphatic heterocycles. The molecule has 1 amide bonds. The van der Waals surface area contributed by atoms with Crippen LogP contribution in [0.15, 0.2) is 29.2 Å². The quantitative estimate of drug-likeness (QED) is 0.735. The topological polar surface area (TPSA) is 69.7 Å². The molecule has 7 heteroatoms. The average Bonchev–Trinajstić information content (AvgIpc) is 2.71. The maximum Gasteiger partial charge on any atom is 0.243 e. The Morgan fingerprint density at radius 3 is 2.34 bits per heavy atom. The molecule has 0 spiro atoms. The maximum atomic E-state index is 12.9. The maximum absolute atomic E-state index is 12.9. The Balaban J connectivity index is 1.49. The van der Waals surface area contributed by atoms with Crippen molar-refractivity contribution in [1.29, 1.82) is 0 Å². The summed E-state index contributed by atoms with van der Waals surface area (Å²) in [4.78, 5) is 14.8. The van der Waals surface area contributed by atoms with Crippen LogP contribution in [-0.4, -0.2) is 62.3 Å². The number of nitrogens with zero attached hydrogens (tertiary/aromatic N) is 2. The summed E-state index contributed by atoms with van der Waals surface area (Å²) in [5, 5.41) is 3.19. The average molecular weight is 422 g/mol. The second kappa shape index (κ2) is 10.0. The monoisotopic (exact) mass is 421 g/mol. The van der Waals surface area contributed by atoms with E-state index in [1.54, 1.807) is 16.4 Å². The number of carbonyl (C=O) groups excluding carboxylic acids is 1. The lowest BCUT2D eigenvalue weighted by Crippen LogP contribution is -2.52. The van der Waals surface area contributed by atoms with Crippen molar-refractivity contribution in [2.45, 2.75) is 63.3 Å². The summed E-state index contributed by atoms with van der Waals surface area (Å²) < 4.78 is 27.4. The SMILES string of the molecule is CCCc1ccc(S(=O)(=O)N2CCN(CC(=O)NC3CCCCC3C)CC2)cc1. The lowest BCUT2D eigenvalue weighted by Gasteiger charge is -2.34. The van der Waals surface area contributed by atoms with Crippen molar-refractivity contribution in [1.82, 2.24) is 14.5 Å². The Hall–Kier alpha value is -1.44. The highest BCUT2D eigenvalue weighted by Gasteiger charge is 2.30. The number of hydrogen-bond donors (Lipinski definition) is 1. The lowest BCUT2D eigenvalue weighted by molar-refractivity contribution is -0.123. The number of nitrogens with one attached hydrogen (secondary N) is 1. The number of hydrogen-bond acceptors (Lipinski definition) is 4. The van der Waals surface area contributed by atoms with Gasteiger partial charge < -0.3 is 5.32 Å². The minimum atomic E-state index is -3.47. The molecule has 1 N–H and O–H groups in total. The van der Waals surface area contributed by atoms with Crippen molar-refractivity contribution in [2.75, 3.05) is 32.7 Å². The minimum Gasteiger partial charge on any atom is -0.352 e. The van der Waals surface area contributed by atoms with Crippen LogP contribution in [0, 0.1) is 5.92 Å². The predicted molar refractivity (Wildman–Crippen MR) is 115 cm³/mol. The van der Waals surface area contributed by atoms with E-state index in [4.69, 9.17) is 0 Å². The van der Waals surface area contributed by atoms with Gasteiger partial charge in [0.15, 0.2) is 0 Å². The first-order chi connectivity index (χ1) is 13.9. The van der Waals surface area contributed by atoms with Crippen molar-refractivity contribution in [2.24, 2.45) is 5.92 Å². The first-order valence-corrected chi connectivity index (χ1v) is 12.4. The fraction of sp³-hybridized carbons (Fsp3) is 0.682. The van der Waals surface area contributed by atoms with Crippen LogP contribution in [0.25, 0.3) is 0 Å². The molecule has 2 fully saturated rings. The molecule has 2 unspecified atom stereocenters. The Labute approximate surface area is 175 Å². The lowest BCUT2D eigenvalue weighted by atomic mass is 9.86.